The van der Waals surface area contributed by atoms with Gasteiger partial charge in [-0.25, -0.2) is 18.0 Å². The first-order valence-electron chi connectivity index (χ1n) is 11.5. The molecule has 0 spiro atoms. The summed E-state index contributed by atoms with van der Waals surface area (Å²) in [6.07, 6.45) is 1.19. The number of nitrogens with zero attached hydrogens (tertiary/aromatic N) is 3. The average molecular weight is 508 g/mol. The molecule has 3 atom stereocenters. The normalized spacial score (nSPS) is 24.6. The molecule has 2 aliphatic rings. The number of aliphatic hydroxyl groups excluding tert-OH is 1. The van der Waals surface area contributed by atoms with Crippen molar-refractivity contribution < 1.29 is 23.1 Å². The average Bonchev–Trinajstić information content (AvgIpc) is 3.21. The number of aliphatic hydroxyl groups is 1. The maximum atomic E-state index is 14.9. The van der Waals surface area contributed by atoms with Gasteiger partial charge in [0, 0.05) is 45.3 Å². The van der Waals surface area contributed by atoms with Gasteiger partial charge in [-0.1, -0.05) is 30.3 Å². The number of halogens is 3. The minimum Gasteiger partial charge on any atom is -0.396 e. The number of benzene rings is 2. The molecule has 2 aliphatic heterocycles. The van der Waals surface area contributed by atoms with Crippen LogP contribution in [0.5, 0.6) is 0 Å². The van der Waals surface area contributed by atoms with E-state index in [2.05, 4.69) is 0 Å². The van der Waals surface area contributed by atoms with Crippen molar-refractivity contribution in [1.29, 1.82) is 0 Å². The molecule has 0 aromatic heterocycles. The van der Waals surface area contributed by atoms with Crippen molar-refractivity contribution in [2.24, 2.45) is 0 Å². The van der Waals surface area contributed by atoms with Gasteiger partial charge in [-0.3, -0.25) is 0 Å². The van der Waals surface area contributed by atoms with Crippen LogP contribution in [0.3, 0.4) is 0 Å². The van der Waals surface area contributed by atoms with Gasteiger partial charge in [-0.15, -0.1) is 0 Å². The number of hydrogen-bond donors (Lipinski definition) is 1. The summed E-state index contributed by atoms with van der Waals surface area (Å²) in [7, 11) is 3.43. The number of carbonyl (C=O) groups excluding carboxylic acids is 1. The van der Waals surface area contributed by atoms with Gasteiger partial charge >= 0.3 is 6.03 Å². The van der Waals surface area contributed by atoms with Crippen LogP contribution in [0, 0.1) is 11.6 Å². The first-order chi connectivity index (χ1) is 16.3. The Morgan fingerprint density at radius 3 is 2.57 bits per heavy atom. The van der Waals surface area contributed by atoms with Crippen LogP contribution in [-0.4, -0.2) is 78.4 Å². The van der Waals surface area contributed by atoms with Gasteiger partial charge in [0.2, 0.25) is 0 Å². The van der Waals surface area contributed by atoms with Crippen LogP contribution >= 0.6 is 13.5 Å². The maximum Gasteiger partial charge on any atom is 0.321 e. The summed E-state index contributed by atoms with van der Waals surface area (Å²) in [6.45, 7) is 0.668. The zero-order valence-corrected chi connectivity index (χ0v) is 20.9. The van der Waals surface area contributed by atoms with Gasteiger partial charge < -0.3 is 19.8 Å². The Morgan fingerprint density at radius 1 is 1.20 bits per heavy atom. The number of urea groups is 1. The summed E-state index contributed by atoms with van der Waals surface area (Å²) in [5.74, 6) is -1.18. The molecule has 35 heavy (non-hydrogen) atoms. The summed E-state index contributed by atoms with van der Waals surface area (Å²) in [5.41, 5.74) is 0.153. The Hall–Kier alpha value is -2.49. The highest BCUT2D eigenvalue weighted by molar-refractivity contribution is 7.59. The third-order valence-electron chi connectivity index (χ3n) is 7.00. The molecule has 1 saturated heterocycles. The van der Waals surface area contributed by atoms with Crippen LogP contribution in [0.15, 0.2) is 54.6 Å². The van der Waals surface area contributed by atoms with Crippen LogP contribution in [0.1, 0.15) is 24.0 Å². The van der Waals surface area contributed by atoms with E-state index in [1.54, 1.807) is 18.0 Å². The van der Waals surface area contributed by atoms with Crippen molar-refractivity contribution in [3.8, 4) is 0 Å². The van der Waals surface area contributed by atoms with E-state index in [4.69, 9.17) is 0 Å². The topological polar surface area (TPSA) is 47.0 Å². The predicted molar refractivity (Wildman–Crippen MR) is 135 cm³/mol. The van der Waals surface area contributed by atoms with Gasteiger partial charge in [0.25, 0.3) is 0 Å². The quantitative estimate of drug-likeness (QED) is 0.662. The van der Waals surface area contributed by atoms with Crippen LogP contribution in [0.25, 0.3) is 5.57 Å². The van der Waals surface area contributed by atoms with Crippen molar-refractivity contribution in [3.05, 3.63) is 77.4 Å². The van der Waals surface area contributed by atoms with E-state index in [1.165, 1.54) is 4.90 Å². The second kappa shape index (κ2) is 11.1. The monoisotopic (exact) mass is 507 g/mol. The van der Waals surface area contributed by atoms with Crippen molar-refractivity contribution >= 4 is 25.1 Å². The lowest BCUT2D eigenvalue weighted by atomic mass is 9.85. The van der Waals surface area contributed by atoms with E-state index >= 15 is 0 Å². The zero-order chi connectivity index (χ0) is 24.5. The first-order valence-corrected chi connectivity index (χ1v) is 11.5. The molecule has 2 aromatic rings. The van der Waals surface area contributed by atoms with Crippen LogP contribution in [-0.2, 0) is 5.54 Å². The van der Waals surface area contributed by atoms with E-state index in [0.29, 0.717) is 18.5 Å². The molecular formula is C26H32F3N3O2S. The highest BCUT2D eigenvalue weighted by atomic mass is 32.1. The molecule has 2 heterocycles. The van der Waals surface area contributed by atoms with Gasteiger partial charge in [-0.2, -0.15) is 13.5 Å². The van der Waals surface area contributed by atoms with Crippen LogP contribution < -0.4 is 0 Å². The molecular weight excluding hydrogens is 475 g/mol. The molecule has 2 amide bonds. The van der Waals surface area contributed by atoms with Crippen LogP contribution in [0.2, 0.25) is 0 Å². The SMILES string of the molecule is CN1CCC(N(C)C(=O)N2CC(c3cc(F)ccc3F)=CC2(CCO)c2ccccc2)C(F)C1.S. The summed E-state index contributed by atoms with van der Waals surface area (Å²) in [6, 6.07) is 11.4. The summed E-state index contributed by atoms with van der Waals surface area (Å²) < 4.78 is 43.6. The Labute approximate surface area is 211 Å². The molecule has 1 N–H and O–H groups in total. The lowest BCUT2D eigenvalue weighted by molar-refractivity contribution is 0.0485. The molecule has 5 nitrogen and oxygen atoms in total. The van der Waals surface area contributed by atoms with Crippen molar-refractivity contribution in [3.63, 3.8) is 0 Å². The molecule has 9 heteroatoms. The van der Waals surface area contributed by atoms with E-state index in [1.807, 2.05) is 42.3 Å². The van der Waals surface area contributed by atoms with E-state index in [0.717, 1.165) is 23.8 Å². The Bertz CT molecular complexity index is 1070. The lowest BCUT2D eigenvalue weighted by Crippen LogP contribution is -2.57. The summed E-state index contributed by atoms with van der Waals surface area (Å²) >= 11 is 0. The van der Waals surface area contributed by atoms with E-state index in [-0.39, 0.29) is 45.2 Å². The molecule has 4 rings (SSSR count). The molecule has 0 aliphatic carbocycles. The fourth-order valence-electron chi connectivity index (χ4n) is 5.17. The Kier molecular flexibility index (Phi) is 8.56. The second-order valence-corrected chi connectivity index (χ2v) is 9.17. The van der Waals surface area contributed by atoms with E-state index in [9.17, 15) is 23.1 Å². The highest BCUT2D eigenvalue weighted by Gasteiger charge is 2.47. The van der Waals surface area contributed by atoms with Gasteiger partial charge in [0.05, 0.1) is 11.6 Å². The standard InChI is InChI=1S/C26H30F3N3O2.H2S/c1-30-12-10-24(23(29)17-30)31(2)25(34)32-16-18(21-14-20(27)8-9-22(21)28)15-26(32,11-13-33)19-6-4-3-5-7-19;/h3-9,14-15,23-24,33H,10-13,16-17H2,1-2H3;1H2. The lowest BCUT2D eigenvalue weighted by Gasteiger charge is -2.44. The minimum absolute atomic E-state index is 0. The van der Waals surface area contributed by atoms with Gasteiger partial charge in [-0.05, 0) is 48.9 Å². The third-order valence-corrected chi connectivity index (χ3v) is 7.00. The molecule has 190 valence electrons. The third kappa shape index (κ3) is 5.22. The number of piperidine rings is 1. The molecule has 0 saturated carbocycles. The molecule has 2 aromatic carbocycles. The van der Waals surface area contributed by atoms with Gasteiger partial charge in [0.1, 0.15) is 17.8 Å². The molecule has 1 fully saturated rings. The van der Waals surface area contributed by atoms with Crippen molar-refractivity contribution in [2.75, 3.05) is 40.3 Å². The second-order valence-electron chi connectivity index (χ2n) is 9.17. The highest BCUT2D eigenvalue weighted by Crippen LogP contribution is 2.44. The number of carbonyl (C=O) groups is 1. The number of hydrogen-bond acceptors (Lipinski definition) is 3. The maximum absolute atomic E-state index is 14.9. The summed E-state index contributed by atoms with van der Waals surface area (Å²) in [4.78, 5) is 18.7. The van der Waals surface area contributed by atoms with Crippen LogP contribution in [0.4, 0.5) is 18.0 Å². The van der Waals surface area contributed by atoms with Crippen molar-refractivity contribution in [2.45, 2.75) is 30.6 Å². The number of amides is 2. The number of alkyl halides is 1. The summed E-state index contributed by atoms with van der Waals surface area (Å²) in [5, 5.41) is 9.99. The Morgan fingerprint density at radius 2 is 1.91 bits per heavy atom. The molecule has 3 unspecified atom stereocenters. The van der Waals surface area contributed by atoms with E-state index < -0.39 is 35.4 Å². The molecule has 0 bridgehead atoms. The number of likely N-dealkylation sites (tertiary alicyclic amines) is 1. The minimum atomic E-state index is -1.20. The predicted octanol–water partition coefficient (Wildman–Crippen LogP) is 4.15. The molecule has 0 radical (unpaired) electrons. The van der Waals surface area contributed by atoms with Gasteiger partial charge in [0.15, 0.2) is 0 Å². The largest absolute Gasteiger partial charge is 0.396 e. The number of rotatable bonds is 5. The fourth-order valence-corrected chi connectivity index (χ4v) is 5.17. The first kappa shape index (κ1) is 27.1. The zero-order valence-electron chi connectivity index (χ0n) is 19.9. The smallest absolute Gasteiger partial charge is 0.321 e. The Balaban J connectivity index is 0.00000342. The fraction of sp³-hybridized carbons (Fsp3) is 0.423. The van der Waals surface area contributed by atoms with Crippen molar-refractivity contribution in [1.82, 2.24) is 14.7 Å².